The largest absolute Gasteiger partial charge is 0.481 e. The number of hydrogen-bond acceptors (Lipinski definition) is 6. The zero-order valence-corrected chi connectivity index (χ0v) is 37.4. The molecule has 0 aliphatic heterocycles. The Morgan fingerprint density at radius 1 is 0.911 bits per heavy atom. The number of halogens is 1. The first kappa shape index (κ1) is 43.4. The number of benzene rings is 1. The topological polar surface area (TPSA) is 87.2 Å². The molecule has 0 heterocycles. The van der Waals surface area contributed by atoms with Crippen molar-refractivity contribution in [1.29, 1.82) is 0 Å². The molecule has 4 saturated carbocycles. The van der Waals surface area contributed by atoms with E-state index in [4.69, 9.17) is 16.3 Å². The fourth-order valence-electron chi connectivity index (χ4n) is 13.7. The third kappa shape index (κ3) is 7.35. The molecule has 1 N–H and O–H groups in total. The van der Waals surface area contributed by atoms with E-state index in [0.717, 1.165) is 100 Å². The Morgan fingerprint density at radius 2 is 1.61 bits per heavy atom. The van der Waals surface area contributed by atoms with Crippen molar-refractivity contribution in [2.75, 3.05) is 33.7 Å². The number of carbonyl (C=O) groups excluding carboxylic acids is 2. The van der Waals surface area contributed by atoms with Crippen LogP contribution in [0.25, 0.3) is 0 Å². The number of carboxylic acid groups (broad SMARTS) is 1. The van der Waals surface area contributed by atoms with Gasteiger partial charge in [0.1, 0.15) is 6.10 Å². The van der Waals surface area contributed by atoms with Crippen molar-refractivity contribution in [2.24, 2.45) is 56.2 Å². The fraction of sp³-hybridized carbons (Fsp3) is 0.771. The van der Waals surface area contributed by atoms with Crippen LogP contribution < -0.4 is 0 Å². The second-order valence-electron chi connectivity index (χ2n) is 21.6. The molecule has 0 spiro atoms. The van der Waals surface area contributed by atoms with Crippen LogP contribution >= 0.6 is 11.6 Å². The van der Waals surface area contributed by atoms with E-state index in [9.17, 15) is 19.5 Å². The number of allylic oxidation sites excluding steroid dienone is 2. The number of Topliss-reactive ketones (excluding diaryl/α,β-unsaturated/α-hetero) is 1. The van der Waals surface area contributed by atoms with Crippen LogP contribution in [0.4, 0.5) is 0 Å². The van der Waals surface area contributed by atoms with Gasteiger partial charge in [-0.25, -0.2) is 0 Å². The molecular weight excluding hydrogens is 720 g/mol. The molecule has 6 rings (SSSR count). The van der Waals surface area contributed by atoms with Gasteiger partial charge in [0.25, 0.3) is 0 Å². The molecule has 8 heteroatoms. The van der Waals surface area contributed by atoms with E-state index in [-0.39, 0.29) is 45.5 Å². The summed E-state index contributed by atoms with van der Waals surface area (Å²) in [5, 5.41) is 10.5. The van der Waals surface area contributed by atoms with Crippen molar-refractivity contribution in [2.45, 2.75) is 146 Å². The molecule has 2 unspecified atom stereocenters. The van der Waals surface area contributed by atoms with E-state index >= 15 is 0 Å². The molecule has 312 valence electrons. The third-order valence-corrected chi connectivity index (χ3v) is 17.4. The highest BCUT2D eigenvalue weighted by Crippen LogP contribution is 2.77. The summed E-state index contributed by atoms with van der Waals surface area (Å²) in [5.41, 5.74) is 2.73. The number of nitrogens with zero attached hydrogens (tertiary/aromatic N) is 2. The van der Waals surface area contributed by atoms with Crippen molar-refractivity contribution in [3.05, 3.63) is 46.0 Å². The summed E-state index contributed by atoms with van der Waals surface area (Å²) in [4.78, 5) is 44.1. The number of carboxylic acids is 1. The molecule has 0 radical (unpaired) electrons. The van der Waals surface area contributed by atoms with Crippen LogP contribution in [-0.2, 0) is 25.7 Å². The zero-order valence-electron chi connectivity index (χ0n) is 36.7. The summed E-state index contributed by atoms with van der Waals surface area (Å²) in [6, 6.07) is 8.22. The van der Waals surface area contributed by atoms with Gasteiger partial charge in [0.15, 0.2) is 5.78 Å². The highest BCUT2D eigenvalue weighted by atomic mass is 35.5. The van der Waals surface area contributed by atoms with E-state index in [1.54, 1.807) is 19.4 Å². The summed E-state index contributed by atoms with van der Waals surface area (Å²) in [5.74, 6) is 0.588. The van der Waals surface area contributed by atoms with Crippen molar-refractivity contribution in [1.82, 2.24) is 9.80 Å². The second-order valence-corrected chi connectivity index (χ2v) is 22.0. The van der Waals surface area contributed by atoms with E-state index in [1.165, 1.54) is 0 Å². The molecule has 0 aromatic heterocycles. The Bertz CT molecular complexity index is 1720. The molecule has 8 atom stereocenters. The van der Waals surface area contributed by atoms with Crippen molar-refractivity contribution in [3.63, 3.8) is 0 Å². The van der Waals surface area contributed by atoms with Crippen LogP contribution in [0.15, 0.2) is 35.4 Å². The molecule has 0 saturated heterocycles. The van der Waals surface area contributed by atoms with Crippen molar-refractivity contribution in [3.8, 4) is 0 Å². The molecular formula is C48H73ClN2O5. The number of fused-ring (bicyclic) bond motifs is 7. The number of carbonyl (C=O) groups is 3. The highest BCUT2D eigenvalue weighted by Gasteiger charge is 2.70. The average Bonchev–Trinajstić information content (AvgIpc) is 3.40. The van der Waals surface area contributed by atoms with E-state index < -0.39 is 17.4 Å². The maximum Gasteiger partial charge on any atom is 0.309 e. The molecule has 4 fully saturated rings. The van der Waals surface area contributed by atoms with Crippen LogP contribution in [0.5, 0.6) is 0 Å². The highest BCUT2D eigenvalue weighted by molar-refractivity contribution is 6.31. The first-order chi connectivity index (χ1) is 26.0. The Hall–Kier alpha value is -2.22. The maximum absolute atomic E-state index is 14.3. The molecule has 1 aromatic carbocycles. The van der Waals surface area contributed by atoms with Gasteiger partial charge >= 0.3 is 11.9 Å². The van der Waals surface area contributed by atoms with E-state index in [1.807, 2.05) is 12.1 Å². The fourth-order valence-corrected chi connectivity index (χ4v) is 13.9. The van der Waals surface area contributed by atoms with Gasteiger partial charge in [0.2, 0.25) is 0 Å². The van der Waals surface area contributed by atoms with Crippen LogP contribution in [0, 0.1) is 56.2 Å². The predicted octanol–water partition coefficient (Wildman–Crippen LogP) is 10.5. The molecule has 1 aromatic rings. The molecule has 7 nitrogen and oxygen atoms in total. The number of rotatable bonds is 13. The van der Waals surface area contributed by atoms with E-state index in [0.29, 0.717) is 30.0 Å². The summed E-state index contributed by atoms with van der Waals surface area (Å²) in [7, 11) is 4.27. The van der Waals surface area contributed by atoms with E-state index in [2.05, 4.69) is 84.5 Å². The Morgan fingerprint density at radius 3 is 2.25 bits per heavy atom. The van der Waals surface area contributed by atoms with Crippen LogP contribution in [-0.4, -0.2) is 72.5 Å². The standard InChI is InChI=1S/C48H73ClN2O5/c1-31(2)40-35(52)28-48(24-25-51(27-26-50(10)11)30-32-14-12-13-15-34(32)49)23-22-46(8)33(41(40)48)16-17-37-45(7)20-19-38(56-39(53)29-43(3,4)42(54)55)44(5,6)36(45)18-21-47(37,46)9/h12-15,31,33,36-38H,16-30H2,1-11H3,(H,54,55)/t33-,36?,37?,38+,45+,46-,47-,48-/m1/s1. The summed E-state index contributed by atoms with van der Waals surface area (Å²) < 4.78 is 6.21. The maximum atomic E-state index is 14.3. The van der Waals surface area contributed by atoms with Gasteiger partial charge in [0.05, 0.1) is 11.8 Å². The predicted molar refractivity (Wildman–Crippen MR) is 225 cm³/mol. The van der Waals surface area contributed by atoms with Crippen LogP contribution in [0.2, 0.25) is 5.02 Å². The summed E-state index contributed by atoms with van der Waals surface area (Å²) in [6.07, 6.45) is 9.91. The second kappa shape index (κ2) is 15.4. The monoisotopic (exact) mass is 793 g/mol. The smallest absolute Gasteiger partial charge is 0.309 e. The lowest BCUT2D eigenvalue weighted by molar-refractivity contribution is -0.233. The third-order valence-electron chi connectivity index (χ3n) is 17.1. The first-order valence-electron chi connectivity index (χ1n) is 21.8. The number of aliphatic carboxylic acids is 1. The summed E-state index contributed by atoms with van der Waals surface area (Å²) >= 11 is 6.70. The zero-order chi connectivity index (χ0) is 41.2. The lowest BCUT2D eigenvalue weighted by Crippen LogP contribution is -2.65. The van der Waals surface area contributed by atoms with Crippen molar-refractivity contribution < 1.29 is 24.2 Å². The Balaban J connectivity index is 1.27. The minimum absolute atomic E-state index is 0.0822. The summed E-state index contributed by atoms with van der Waals surface area (Å²) in [6.45, 7) is 23.8. The van der Waals surface area contributed by atoms with Gasteiger partial charge in [-0.15, -0.1) is 0 Å². The molecule has 5 aliphatic rings. The van der Waals surface area contributed by atoms with Gasteiger partial charge in [-0.1, -0.05) is 83.8 Å². The van der Waals surface area contributed by atoms with Crippen molar-refractivity contribution >= 4 is 29.3 Å². The van der Waals surface area contributed by atoms with Gasteiger partial charge < -0.3 is 14.7 Å². The lowest BCUT2D eigenvalue weighted by atomic mass is 9.33. The molecule has 56 heavy (non-hydrogen) atoms. The molecule has 0 bridgehead atoms. The Kier molecular flexibility index (Phi) is 11.9. The Labute approximate surface area is 343 Å². The molecule has 5 aliphatic carbocycles. The number of ether oxygens (including phenoxy) is 1. The lowest BCUT2D eigenvalue weighted by Gasteiger charge is -2.72. The number of likely N-dealkylation sites (N-methyl/N-ethyl adjacent to an activating group) is 1. The quantitative estimate of drug-likeness (QED) is 0.199. The van der Waals surface area contributed by atoms with Crippen LogP contribution in [0.3, 0.4) is 0 Å². The minimum Gasteiger partial charge on any atom is -0.481 e. The van der Waals surface area contributed by atoms with Crippen LogP contribution in [0.1, 0.15) is 139 Å². The minimum atomic E-state index is -1.15. The SMILES string of the molecule is CC(C)C1=C2[C@H]3CCC4[C@@]5(C)CC[C@H](OC(=O)CC(C)(C)C(=O)O)C(C)(C)C5CC[C@@]4(C)[C@]3(C)CC[C@@]2(CCN(CCN(C)C)Cc2ccccc2Cl)CC1=O. The number of ketones is 1. The van der Waals surface area contributed by atoms with Gasteiger partial charge in [-0.3, -0.25) is 19.3 Å². The molecule has 0 amide bonds. The average molecular weight is 794 g/mol. The normalized spacial score (nSPS) is 35.3. The first-order valence-corrected chi connectivity index (χ1v) is 22.2. The van der Waals surface area contributed by atoms with Gasteiger partial charge in [0, 0.05) is 41.9 Å². The van der Waals surface area contributed by atoms with Gasteiger partial charge in [-0.05, 0) is 149 Å². The number of hydrogen-bond donors (Lipinski definition) is 1. The van der Waals surface area contributed by atoms with Gasteiger partial charge in [-0.2, -0.15) is 0 Å². The number of esters is 1.